The van der Waals surface area contributed by atoms with Gasteiger partial charge in [0.05, 0.1) is 6.61 Å². The average Bonchev–Trinajstić information content (AvgIpc) is 2.74. The Morgan fingerprint density at radius 1 is 1.56 bits per heavy atom. The SMILES string of the molecule is CC(N)CCC(=O)Cc1cc(Br)cc2c1OCC2. The molecular formula is C14H18BrNO2. The summed E-state index contributed by atoms with van der Waals surface area (Å²) in [5.74, 6) is 1.13. The summed E-state index contributed by atoms with van der Waals surface area (Å²) in [6.45, 7) is 2.64. The molecule has 0 radical (unpaired) electrons. The maximum absolute atomic E-state index is 11.9. The third-order valence-corrected chi connectivity index (χ3v) is 3.55. The van der Waals surface area contributed by atoms with Gasteiger partial charge in [-0.25, -0.2) is 0 Å². The lowest BCUT2D eigenvalue weighted by molar-refractivity contribution is -0.118. The van der Waals surface area contributed by atoms with Crippen LogP contribution in [0.15, 0.2) is 16.6 Å². The maximum atomic E-state index is 11.9. The molecule has 0 spiro atoms. The number of ketones is 1. The first-order valence-electron chi connectivity index (χ1n) is 6.27. The van der Waals surface area contributed by atoms with Crippen molar-refractivity contribution in [3.63, 3.8) is 0 Å². The Bertz CT molecular complexity index is 457. The second-order valence-electron chi connectivity index (χ2n) is 4.88. The highest BCUT2D eigenvalue weighted by molar-refractivity contribution is 9.10. The highest BCUT2D eigenvalue weighted by Crippen LogP contribution is 2.33. The molecule has 2 rings (SSSR count). The fourth-order valence-electron chi connectivity index (χ4n) is 2.17. The minimum Gasteiger partial charge on any atom is -0.493 e. The number of Topliss-reactive ketones (excluding diaryl/α,β-unsaturated/α-hetero) is 1. The topological polar surface area (TPSA) is 52.3 Å². The van der Waals surface area contributed by atoms with Gasteiger partial charge in [-0.3, -0.25) is 4.79 Å². The summed E-state index contributed by atoms with van der Waals surface area (Å²) in [7, 11) is 0. The van der Waals surface area contributed by atoms with E-state index in [1.54, 1.807) is 0 Å². The number of carbonyl (C=O) groups excluding carboxylic acids is 1. The van der Waals surface area contributed by atoms with Gasteiger partial charge < -0.3 is 10.5 Å². The van der Waals surface area contributed by atoms with E-state index in [2.05, 4.69) is 22.0 Å². The lowest BCUT2D eigenvalue weighted by Crippen LogP contribution is -2.17. The molecule has 98 valence electrons. The minimum absolute atomic E-state index is 0.0819. The molecule has 1 atom stereocenters. The van der Waals surface area contributed by atoms with Crippen LogP contribution >= 0.6 is 15.9 Å². The number of hydrogen-bond acceptors (Lipinski definition) is 3. The summed E-state index contributed by atoms with van der Waals surface area (Å²) in [5.41, 5.74) is 7.85. The third kappa shape index (κ3) is 3.33. The van der Waals surface area contributed by atoms with Crippen molar-refractivity contribution in [3.05, 3.63) is 27.7 Å². The number of hydrogen-bond donors (Lipinski definition) is 1. The van der Waals surface area contributed by atoms with Crippen LogP contribution in [0.4, 0.5) is 0 Å². The van der Waals surface area contributed by atoms with E-state index in [1.165, 1.54) is 5.56 Å². The number of nitrogens with two attached hydrogens (primary N) is 1. The number of fused-ring (bicyclic) bond motifs is 1. The molecule has 0 saturated carbocycles. The van der Waals surface area contributed by atoms with Crippen LogP contribution in [0, 0.1) is 0 Å². The Morgan fingerprint density at radius 2 is 2.33 bits per heavy atom. The van der Waals surface area contributed by atoms with Crippen molar-refractivity contribution in [1.82, 2.24) is 0 Å². The zero-order valence-corrected chi connectivity index (χ0v) is 12.1. The molecular weight excluding hydrogens is 294 g/mol. The number of rotatable bonds is 5. The van der Waals surface area contributed by atoms with Crippen molar-refractivity contribution in [2.75, 3.05) is 6.61 Å². The van der Waals surface area contributed by atoms with E-state index in [-0.39, 0.29) is 11.8 Å². The van der Waals surface area contributed by atoms with Crippen LogP contribution in [0.1, 0.15) is 30.9 Å². The molecule has 1 aromatic rings. The Hall–Kier alpha value is -0.870. The Balaban J connectivity index is 2.07. The molecule has 1 aromatic carbocycles. The summed E-state index contributed by atoms with van der Waals surface area (Å²) < 4.78 is 6.63. The number of benzene rings is 1. The van der Waals surface area contributed by atoms with E-state index < -0.39 is 0 Å². The first kappa shape index (κ1) is 13.6. The largest absolute Gasteiger partial charge is 0.493 e. The van der Waals surface area contributed by atoms with Crippen LogP contribution < -0.4 is 10.5 Å². The van der Waals surface area contributed by atoms with Crippen molar-refractivity contribution in [3.8, 4) is 5.75 Å². The lowest BCUT2D eigenvalue weighted by atomic mass is 10.0. The first-order valence-corrected chi connectivity index (χ1v) is 7.07. The van der Waals surface area contributed by atoms with Gasteiger partial charge in [0.2, 0.25) is 0 Å². The highest BCUT2D eigenvalue weighted by Gasteiger charge is 2.19. The van der Waals surface area contributed by atoms with E-state index in [1.807, 2.05) is 13.0 Å². The Morgan fingerprint density at radius 3 is 3.06 bits per heavy atom. The number of carbonyl (C=O) groups is 1. The van der Waals surface area contributed by atoms with Crippen LogP contribution in [0.25, 0.3) is 0 Å². The first-order chi connectivity index (χ1) is 8.56. The van der Waals surface area contributed by atoms with Crippen molar-refractivity contribution in [2.45, 2.75) is 38.6 Å². The van der Waals surface area contributed by atoms with Crippen LogP contribution in [-0.4, -0.2) is 18.4 Å². The second-order valence-corrected chi connectivity index (χ2v) is 5.80. The second kappa shape index (κ2) is 5.85. The molecule has 0 bridgehead atoms. The molecule has 0 amide bonds. The fourth-order valence-corrected chi connectivity index (χ4v) is 2.72. The zero-order chi connectivity index (χ0) is 13.1. The molecule has 1 heterocycles. The van der Waals surface area contributed by atoms with Gasteiger partial charge in [-0.05, 0) is 31.0 Å². The van der Waals surface area contributed by atoms with E-state index in [4.69, 9.17) is 10.5 Å². The number of ether oxygens (including phenoxy) is 1. The quantitative estimate of drug-likeness (QED) is 0.909. The molecule has 0 fully saturated rings. The summed E-state index contributed by atoms with van der Waals surface area (Å²) >= 11 is 3.48. The van der Waals surface area contributed by atoms with E-state index in [9.17, 15) is 4.79 Å². The van der Waals surface area contributed by atoms with Crippen LogP contribution in [-0.2, 0) is 17.6 Å². The molecule has 3 nitrogen and oxygen atoms in total. The van der Waals surface area contributed by atoms with Crippen LogP contribution in [0.3, 0.4) is 0 Å². The Labute approximate surface area is 116 Å². The van der Waals surface area contributed by atoms with Crippen molar-refractivity contribution < 1.29 is 9.53 Å². The van der Waals surface area contributed by atoms with Gasteiger partial charge in [-0.1, -0.05) is 15.9 Å². The van der Waals surface area contributed by atoms with Gasteiger partial charge in [0.25, 0.3) is 0 Å². The van der Waals surface area contributed by atoms with Gasteiger partial charge in [-0.15, -0.1) is 0 Å². The molecule has 1 aliphatic rings. The molecule has 0 aromatic heterocycles. The van der Waals surface area contributed by atoms with E-state index in [0.29, 0.717) is 19.4 Å². The normalized spacial score (nSPS) is 15.1. The van der Waals surface area contributed by atoms with Crippen molar-refractivity contribution >= 4 is 21.7 Å². The number of halogens is 1. The molecule has 1 aliphatic heterocycles. The monoisotopic (exact) mass is 311 g/mol. The van der Waals surface area contributed by atoms with Crippen molar-refractivity contribution in [1.29, 1.82) is 0 Å². The average molecular weight is 312 g/mol. The summed E-state index contributed by atoms with van der Waals surface area (Å²) in [5, 5.41) is 0. The lowest BCUT2D eigenvalue weighted by Gasteiger charge is -2.09. The van der Waals surface area contributed by atoms with Gasteiger partial charge in [-0.2, -0.15) is 0 Å². The molecule has 2 N–H and O–H groups in total. The van der Waals surface area contributed by atoms with Crippen LogP contribution in [0.5, 0.6) is 5.75 Å². The molecule has 18 heavy (non-hydrogen) atoms. The van der Waals surface area contributed by atoms with Crippen molar-refractivity contribution in [2.24, 2.45) is 5.73 Å². The van der Waals surface area contributed by atoms with Crippen LogP contribution in [0.2, 0.25) is 0 Å². The van der Waals surface area contributed by atoms with Gasteiger partial charge in [0.1, 0.15) is 11.5 Å². The molecule has 1 unspecified atom stereocenters. The molecule has 0 aliphatic carbocycles. The smallest absolute Gasteiger partial charge is 0.137 e. The molecule has 0 saturated heterocycles. The van der Waals surface area contributed by atoms with Gasteiger partial charge in [0, 0.05) is 35.3 Å². The van der Waals surface area contributed by atoms with Gasteiger partial charge >= 0.3 is 0 Å². The minimum atomic E-state index is 0.0819. The van der Waals surface area contributed by atoms with E-state index in [0.717, 1.165) is 28.6 Å². The fraction of sp³-hybridized carbons (Fsp3) is 0.500. The summed E-state index contributed by atoms with van der Waals surface area (Å²) in [4.78, 5) is 11.9. The predicted molar refractivity (Wildman–Crippen MR) is 74.9 cm³/mol. The molecule has 4 heteroatoms. The summed E-state index contributed by atoms with van der Waals surface area (Å²) in [6, 6.07) is 4.13. The predicted octanol–water partition coefficient (Wildman–Crippen LogP) is 2.62. The van der Waals surface area contributed by atoms with Gasteiger partial charge in [0.15, 0.2) is 0 Å². The van der Waals surface area contributed by atoms with E-state index >= 15 is 0 Å². The maximum Gasteiger partial charge on any atom is 0.137 e. The third-order valence-electron chi connectivity index (χ3n) is 3.09. The zero-order valence-electron chi connectivity index (χ0n) is 10.5. The highest BCUT2D eigenvalue weighted by atomic mass is 79.9. The standard InChI is InChI=1S/C14H18BrNO2/c1-9(16)2-3-13(17)8-11-7-12(15)6-10-4-5-18-14(10)11/h6-7,9H,2-5,8,16H2,1H3. The Kier molecular flexibility index (Phi) is 4.40. The summed E-state index contributed by atoms with van der Waals surface area (Å²) in [6.07, 6.45) is 2.65.